The van der Waals surface area contributed by atoms with Crippen LogP contribution in [0.15, 0.2) is 54.6 Å². The lowest BCUT2D eigenvalue weighted by Gasteiger charge is -2.20. The molecule has 0 heterocycles. The Hall–Kier alpha value is -3.35. The van der Waals surface area contributed by atoms with Crippen molar-refractivity contribution in [1.82, 2.24) is 10.6 Å². The number of rotatable bonds is 6. The van der Waals surface area contributed by atoms with Crippen molar-refractivity contribution >= 4 is 29.2 Å². The van der Waals surface area contributed by atoms with E-state index in [4.69, 9.17) is 0 Å². The highest BCUT2D eigenvalue weighted by molar-refractivity contribution is 5.98. The number of hydrogen-bond donors (Lipinski definition) is 4. The number of carbonyl (C=O) groups is 3. The van der Waals surface area contributed by atoms with Gasteiger partial charge in [-0.3, -0.25) is 14.9 Å². The van der Waals surface area contributed by atoms with Crippen molar-refractivity contribution in [3.8, 4) is 0 Å². The number of imide groups is 1. The van der Waals surface area contributed by atoms with Crippen LogP contribution in [0, 0.1) is 0 Å². The molecular weight excluding hydrogens is 332 g/mol. The fraction of sp³-hybridized carbons (Fsp3) is 0.211. The molecule has 0 aromatic heterocycles. The lowest BCUT2D eigenvalue weighted by Crippen LogP contribution is -2.43. The molecule has 2 aromatic rings. The van der Waals surface area contributed by atoms with E-state index in [0.29, 0.717) is 23.5 Å². The van der Waals surface area contributed by atoms with Gasteiger partial charge in [0.1, 0.15) is 6.04 Å². The molecule has 0 aliphatic carbocycles. The first-order chi connectivity index (χ1) is 12.5. The summed E-state index contributed by atoms with van der Waals surface area (Å²) in [6.07, 6.45) is 0. The second-order valence-electron chi connectivity index (χ2n) is 5.60. The molecule has 0 fully saturated rings. The van der Waals surface area contributed by atoms with Gasteiger partial charge in [0.2, 0.25) is 5.91 Å². The van der Waals surface area contributed by atoms with Gasteiger partial charge in [-0.25, -0.2) is 4.79 Å². The summed E-state index contributed by atoms with van der Waals surface area (Å²) in [5.74, 6) is -0.664. The van der Waals surface area contributed by atoms with Crippen LogP contribution in [0.5, 0.6) is 0 Å². The zero-order valence-corrected chi connectivity index (χ0v) is 14.7. The summed E-state index contributed by atoms with van der Waals surface area (Å²) in [5, 5.41) is 10.7. The molecule has 0 aliphatic heterocycles. The molecule has 1 atom stereocenters. The highest BCUT2D eigenvalue weighted by Gasteiger charge is 2.22. The molecule has 4 N–H and O–H groups in total. The molecule has 4 amide bonds. The van der Waals surface area contributed by atoms with Gasteiger partial charge in [0.25, 0.3) is 5.91 Å². The third-order valence-electron chi connectivity index (χ3n) is 3.46. The average molecular weight is 354 g/mol. The monoisotopic (exact) mass is 354 g/mol. The van der Waals surface area contributed by atoms with E-state index in [1.165, 1.54) is 6.92 Å². The van der Waals surface area contributed by atoms with Crippen molar-refractivity contribution in [2.24, 2.45) is 0 Å². The van der Waals surface area contributed by atoms with Crippen LogP contribution in [0.2, 0.25) is 0 Å². The van der Waals surface area contributed by atoms with Crippen LogP contribution < -0.4 is 21.3 Å². The van der Waals surface area contributed by atoms with Crippen LogP contribution in [0.1, 0.15) is 25.5 Å². The zero-order valence-electron chi connectivity index (χ0n) is 14.7. The smallest absolute Gasteiger partial charge is 0.321 e. The van der Waals surface area contributed by atoms with Gasteiger partial charge < -0.3 is 16.0 Å². The number of nitrogens with one attached hydrogen (secondary N) is 4. The van der Waals surface area contributed by atoms with Crippen LogP contribution in [0.4, 0.5) is 16.2 Å². The zero-order chi connectivity index (χ0) is 18.9. The molecule has 2 aromatic carbocycles. The maximum Gasteiger partial charge on any atom is 0.321 e. The Morgan fingerprint density at radius 2 is 1.65 bits per heavy atom. The largest absolute Gasteiger partial charge is 0.370 e. The summed E-state index contributed by atoms with van der Waals surface area (Å²) in [7, 11) is 0. The van der Waals surface area contributed by atoms with Gasteiger partial charge in [0, 0.05) is 24.8 Å². The summed E-state index contributed by atoms with van der Waals surface area (Å²) < 4.78 is 0. The molecule has 0 aliphatic rings. The van der Waals surface area contributed by atoms with Crippen LogP contribution in [-0.4, -0.2) is 24.4 Å². The molecule has 0 bridgehead atoms. The number of carbonyl (C=O) groups excluding carboxylic acids is 3. The predicted molar refractivity (Wildman–Crippen MR) is 101 cm³/mol. The van der Waals surface area contributed by atoms with Crippen LogP contribution in [0.3, 0.4) is 0 Å². The van der Waals surface area contributed by atoms with E-state index < -0.39 is 18.0 Å². The van der Waals surface area contributed by atoms with E-state index in [1.807, 2.05) is 18.2 Å². The maximum absolute atomic E-state index is 12.6. The maximum atomic E-state index is 12.6. The SMILES string of the molecule is CCNC(=O)NC(=O)[C@@H](Nc1cccc(NC(C)=O)c1)c1ccccc1. The molecule has 0 unspecified atom stereocenters. The number of anilines is 2. The second kappa shape index (κ2) is 9.22. The first kappa shape index (κ1) is 19.0. The van der Waals surface area contributed by atoms with Gasteiger partial charge in [-0.1, -0.05) is 36.4 Å². The summed E-state index contributed by atoms with van der Waals surface area (Å²) in [6.45, 7) is 3.61. The Morgan fingerprint density at radius 1 is 0.962 bits per heavy atom. The third kappa shape index (κ3) is 5.62. The topological polar surface area (TPSA) is 99.3 Å². The summed E-state index contributed by atoms with van der Waals surface area (Å²) in [5.41, 5.74) is 1.95. The van der Waals surface area contributed by atoms with Crippen LogP contribution in [0.25, 0.3) is 0 Å². The summed E-state index contributed by atoms with van der Waals surface area (Å²) in [4.78, 5) is 35.5. The van der Waals surface area contributed by atoms with E-state index >= 15 is 0 Å². The second-order valence-corrected chi connectivity index (χ2v) is 5.60. The standard InChI is InChI=1S/C19H22N4O3/c1-3-20-19(26)23-18(25)17(14-8-5-4-6-9-14)22-16-11-7-10-15(12-16)21-13(2)24/h4-12,17,22H,3H2,1-2H3,(H,21,24)(H2,20,23,25,26)/t17-/m0/s1. The lowest BCUT2D eigenvalue weighted by atomic mass is 10.1. The van der Waals surface area contributed by atoms with Crippen molar-refractivity contribution < 1.29 is 14.4 Å². The number of hydrogen-bond acceptors (Lipinski definition) is 4. The minimum absolute atomic E-state index is 0.185. The van der Waals surface area contributed by atoms with Gasteiger partial charge in [0.05, 0.1) is 0 Å². The fourth-order valence-electron chi connectivity index (χ4n) is 2.39. The summed E-state index contributed by atoms with van der Waals surface area (Å²) >= 11 is 0. The van der Waals surface area contributed by atoms with Gasteiger partial charge in [-0.15, -0.1) is 0 Å². The molecule has 2 rings (SSSR count). The Morgan fingerprint density at radius 3 is 2.31 bits per heavy atom. The molecule has 0 radical (unpaired) electrons. The van der Waals surface area contributed by atoms with Crippen molar-refractivity contribution in [2.45, 2.75) is 19.9 Å². The minimum atomic E-state index is -0.772. The van der Waals surface area contributed by atoms with E-state index in [2.05, 4.69) is 21.3 Å². The normalized spacial score (nSPS) is 11.2. The van der Waals surface area contributed by atoms with E-state index in [0.717, 1.165) is 0 Å². The Balaban J connectivity index is 2.23. The molecule has 136 valence electrons. The molecule has 7 heteroatoms. The highest BCUT2D eigenvalue weighted by atomic mass is 16.2. The number of amides is 4. The number of urea groups is 1. The Bertz CT molecular complexity index is 777. The molecule has 0 spiro atoms. The minimum Gasteiger partial charge on any atom is -0.370 e. The van der Waals surface area contributed by atoms with E-state index in [1.54, 1.807) is 43.3 Å². The van der Waals surface area contributed by atoms with Crippen molar-refractivity contribution in [2.75, 3.05) is 17.2 Å². The molecular formula is C19H22N4O3. The summed E-state index contributed by atoms with van der Waals surface area (Å²) in [6, 6.07) is 14.8. The molecule has 0 saturated heterocycles. The Kier molecular flexibility index (Phi) is 6.73. The van der Waals surface area contributed by atoms with Gasteiger partial charge in [-0.2, -0.15) is 0 Å². The highest BCUT2D eigenvalue weighted by Crippen LogP contribution is 2.22. The quantitative estimate of drug-likeness (QED) is 0.641. The van der Waals surface area contributed by atoms with E-state index in [-0.39, 0.29) is 5.91 Å². The van der Waals surface area contributed by atoms with Crippen molar-refractivity contribution in [1.29, 1.82) is 0 Å². The van der Waals surface area contributed by atoms with E-state index in [9.17, 15) is 14.4 Å². The molecule has 0 saturated carbocycles. The molecule has 26 heavy (non-hydrogen) atoms. The van der Waals surface area contributed by atoms with Gasteiger partial charge in [0.15, 0.2) is 0 Å². The first-order valence-corrected chi connectivity index (χ1v) is 8.27. The van der Waals surface area contributed by atoms with Crippen molar-refractivity contribution in [3.05, 3.63) is 60.2 Å². The van der Waals surface area contributed by atoms with Gasteiger partial charge in [-0.05, 0) is 30.7 Å². The van der Waals surface area contributed by atoms with Crippen molar-refractivity contribution in [3.63, 3.8) is 0 Å². The van der Waals surface area contributed by atoms with Gasteiger partial charge >= 0.3 is 6.03 Å². The molecule has 7 nitrogen and oxygen atoms in total. The predicted octanol–water partition coefficient (Wildman–Crippen LogP) is 2.64. The van der Waals surface area contributed by atoms with Crippen LogP contribution in [-0.2, 0) is 9.59 Å². The third-order valence-corrected chi connectivity index (χ3v) is 3.46. The fourth-order valence-corrected chi connectivity index (χ4v) is 2.39. The lowest BCUT2D eigenvalue weighted by molar-refractivity contribution is -0.121. The first-order valence-electron chi connectivity index (χ1n) is 8.27. The Labute approximate surface area is 152 Å². The number of benzene rings is 2. The average Bonchev–Trinajstić information content (AvgIpc) is 2.60. The van der Waals surface area contributed by atoms with Crippen LogP contribution >= 0.6 is 0 Å².